The summed E-state index contributed by atoms with van der Waals surface area (Å²) >= 11 is 1.37. The van der Waals surface area contributed by atoms with Gasteiger partial charge in [0.25, 0.3) is 0 Å². The van der Waals surface area contributed by atoms with Crippen LogP contribution < -0.4 is 0 Å². The fourth-order valence-electron chi connectivity index (χ4n) is 2.47. The van der Waals surface area contributed by atoms with Gasteiger partial charge in [0, 0.05) is 17.2 Å². The molecule has 0 radical (unpaired) electrons. The van der Waals surface area contributed by atoms with Crippen LogP contribution in [0.4, 0.5) is 13.2 Å². The second-order valence-corrected chi connectivity index (χ2v) is 6.38. The summed E-state index contributed by atoms with van der Waals surface area (Å²) < 4.78 is 43.8. The highest BCUT2D eigenvalue weighted by Crippen LogP contribution is 2.42. The van der Waals surface area contributed by atoms with Crippen molar-refractivity contribution in [2.24, 2.45) is 0 Å². The zero-order valence-corrected chi connectivity index (χ0v) is 13.1. The van der Waals surface area contributed by atoms with E-state index in [1.807, 2.05) is 0 Å². The van der Waals surface area contributed by atoms with E-state index in [1.54, 1.807) is 6.26 Å². The van der Waals surface area contributed by atoms with Crippen LogP contribution in [0.5, 0.6) is 0 Å². The molecule has 3 rings (SSSR count). The molecule has 1 fully saturated rings. The van der Waals surface area contributed by atoms with Gasteiger partial charge in [0.2, 0.25) is 0 Å². The summed E-state index contributed by atoms with van der Waals surface area (Å²) in [6.45, 7) is 0. The molecule has 0 unspecified atom stereocenters. The summed E-state index contributed by atoms with van der Waals surface area (Å²) in [5, 5.41) is 3.68. The van der Waals surface area contributed by atoms with E-state index in [9.17, 15) is 18.0 Å². The SMILES string of the molecule is CSCc1cc(C(F)(F)F)ccc1C(=O)c1cnoc1C1CC1. The highest BCUT2D eigenvalue weighted by atomic mass is 32.2. The Morgan fingerprint density at radius 1 is 1.35 bits per heavy atom. The second kappa shape index (κ2) is 6.03. The van der Waals surface area contributed by atoms with E-state index in [-0.39, 0.29) is 17.3 Å². The molecule has 3 nitrogen and oxygen atoms in total. The van der Waals surface area contributed by atoms with E-state index in [4.69, 9.17) is 4.52 Å². The molecule has 2 aromatic rings. The predicted molar refractivity (Wildman–Crippen MR) is 80.6 cm³/mol. The van der Waals surface area contributed by atoms with Gasteiger partial charge in [-0.1, -0.05) is 11.2 Å². The molecule has 7 heteroatoms. The molecule has 0 aliphatic heterocycles. The Kier molecular flexibility index (Phi) is 4.23. The molecule has 1 aliphatic rings. The zero-order valence-electron chi connectivity index (χ0n) is 12.3. The van der Waals surface area contributed by atoms with Crippen molar-refractivity contribution in [3.8, 4) is 0 Å². The number of alkyl halides is 3. The summed E-state index contributed by atoms with van der Waals surface area (Å²) in [5.41, 5.74) is 0.262. The third-order valence-corrected chi connectivity index (χ3v) is 4.37. The Hall–Kier alpha value is -1.76. The molecule has 122 valence electrons. The summed E-state index contributed by atoms with van der Waals surface area (Å²) in [6, 6.07) is 3.25. The van der Waals surface area contributed by atoms with Gasteiger partial charge < -0.3 is 4.52 Å². The average molecular weight is 341 g/mol. The Morgan fingerprint density at radius 3 is 2.70 bits per heavy atom. The van der Waals surface area contributed by atoms with Crippen LogP contribution in [0.15, 0.2) is 28.9 Å². The lowest BCUT2D eigenvalue weighted by atomic mass is 9.96. The van der Waals surface area contributed by atoms with Gasteiger partial charge in [-0.15, -0.1) is 0 Å². The molecular formula is C16H14F3NO2S. The number of aromatic nitrogens is 1. The molecule has 0 atom stereocenters. The van der Waals surface area contributed by atoms with Crippen molar-refractivity contribution in [1.82, 2.24) is 5.16 Å². The van der Waals surface area contributed by atoms with Gasteiger partial charge in [-0.3, -0.25) is 4.79 Å². The van der Waals surface area contributed by atoms with E-state index in [2.05, 4.69) is 5.16 Å². The van der Waals surface area contributed by atoms with Crippen LogP contribution in [0.3, 0.4) is 0 Å². The van der Waals surface area contributed by atoms with Gasteiger partial charge in [-0.05, 0) is 36.8 Å². The lowest BCUT2D eigenvalue weighted by Crippen LogP contribution is -2.10. The molecule has 1 aromatic carbocycles. The smallest absolute Gasteiger partial charge is 0.360 e. The zero-order chi connectivity index (χ0) is 16.6. The summed E-state index contributed by atoms with van der Waals surface area (Å²) in [5.74, 6) is 0.750. The third kappa shape index (κ3) is 3.29. The van der Waals surface area contributed by atoms with Gasteiger partial charge in [-0.2, -0.15) is 24.9 Å². The van der Waals surface area contributed by atoms with Crippen molar-refractivity contribution in [1.29, 1.82) is 0 Å². The van der Waals surface area contributed by atoms with E-state index >= 15 is 0 Å². The molecule has 1 aliphatic carbocycles. The number of hydrogen-bond acceptors (Lipinski definition) is 4. The predicted octanol–water partition coefficient (Wildman–Crippen LogP) is 4.66. The topological polar surface area (TPSA) is 43.1 Å². The average Bonchev–Trinajstić information content (AvgIpc) is 3.23. The minimum atomic E-state index is -4.43. The molecule has 0 amide bonds. The molecule has 0 bridgehead atoms. The fraction of sp³-hybridized carbons (Fsp3) is 0.375. The van der Waals surface area contributed by atoms with Crippen LogP contribution in [-0.2, 0) is 11.9 Å². The van der Waals surface area contributed by atoms with E-state index < -0.39 is 11.7 Å². The van der Waals surface area contributed by atoms with Crippen molar-refractivity contribution in [2.75, 3.05) is 6.26 Å². The Morgan fingerprint density at radius 2 is 2.09 bits per heavy atom. The molecule has 0 spiro atoms. The number of rotatable bonds is 5. The minimum Gasteiger partial charge on any atom is -0.360 e. The number of ketones is 1. The maximum Gasteiger partial charge on any atom is 0.416 e. The van der Waals surface area contributed by atoms with Crippen LogP contribution >= 0.6 is 11.8 Å². The van der Waals surface area contributed by atoms with Gasteiger partial charge >= 0.3 is 6.18 Å². The van der Waals surface area contributed by atoms with Crippen LogP contribution in [0.1, 0.15) is 51.6 Å². The molecule has 0 N–H and O–H groups in total. The van der Waals surface area contributed by atoms with Gasteiger partial charge in [0.15, 0.2) is 11.5 Å². The number of benzene rings is 1. The Labute approximate surface area is 135 Å². The van der Waals surface area contributed by atoms with Gasteiger partial charge in [-0.25, -0.2) is 0 Å². The number of thioether (sulfide) groups is 1. The Bertz CT molecular complexity index is 735. The Balaban J connectivity index is 2.00. The monoisotopic (exact) mass is 341 g/mol. The first-order valence-corrected chi connectivity index (χ1v) is 8.49. The minimum absolute atomic E-state index is 0.204. The largest absolute Gasteiger partial charge is 0.416 e. The summed E-state index contributed by atoms with van der Waals surface area (Å²) in [7, 11) is 0. The lowest BCUT2D eigenvalue weighted by Gasteiger charge is -2.12. The molecular weight excluding hydrogens is 327 g/mol. The van der Waals surface area contributed by atoms with Crippen LogP contribution in [0.2, 0.25) is 0 Å². The second-order valence-electron chi connectivity index (χ2n) is 5.51. The first-order valence-electron chi connectivity index (χ1n) is 7.10. The van der Waals surface area contributed by atoms with Crippen LogP contribution in [0.25, 0.3) is 0 Å². The highest BCUT2D eigenvalue weighted by Gasteiger charge is 2.34. The van der Waals surface area contributed by atoms with Gasteiger partial charge in [0.1, 0.15) is 0 Å². The standard InChI is InChI=1S/C16H14F3NO2S/c1-23-8-10-6-11(16(17,18)19)4-5-12(10)14(21)13-7-20-22-15(13)9-2-3-9/h4-7,9H,2-3,8H2,1H3. The highest BCUT2D eigenvalue weighted by molar-refractivity contribution is 7.97. The molecule has 0 saturated heterocycles. The first kappa shape index (κ1) is 16.1. The number of carbonyl (C=O) groups is 1. The van der Waals surface area contributed by atoms with E-state index in [0.717, 1.165) is 25.0 Å². The normalized spacial score (nSPS) is 15.0. The number of carbonyl (C=O) groups excluding carboxylic acids is 1. The molecule has 1 heterocycles. The molecule has 1 aromatic heterocycles. The van der Waals surface area contributed by atoms with Crippen LogP contribution in [0, 0.1) is 0 Å². The number of hydrogen-bond donors (Lipinski definition) is 0. The van der Waals surface area contributed by atoms with Crippen molar-refractivity contribution in [3.05, 3.63) is 52.4 Å². The number of nitrogens with zero attached hydrogens (tertiary/aromatic N) is 1. The van der Waals surface area contributed by atoms with Crippen molar-refractivity contribution in [3.63, 3.8) is 0 Å². The number of halogens is 3. The van der Waals surface area contributed by atoms with E-state index in [1.165, 1.54) is 24.0 Å². The lowest BCUT2D eigenvalue weighted by molar-refractivity contribution is -0.137. The maximum atomic E-state index is 12.9. The summed E-state index contributed by atoms with van der Waals surface area (Å²) in [4.78, 5) is 12.7. The van der Waals surface area contributed by atoms with Crippen molar-refractivity contribution >= 4 is 17.5 Å². The molecule has 1 saturated carbocycles. The summed E-state index contributed by atoms with van der Waals surface area (Å²) in [6.07, 6.45) is 0.603. The van der Waals surface area contributed by atoms with Gasteiger partial charge in [0.05, 0.1) is 17.3 Å². The third-order valence-electron chi connectivity index (χ3n) is 3.77. The quantitative estimate of drug-likeness (QED) is 0.742. The van der Waals surface area contributed by atoms with Crippen molar-refractivity contribution < 1.29 is 22.5 Å². The first-order chi connectivity index (χ1) is 10.9. The maximum absolute atomic E-state index is 12.9. The van der Waals surface area contributed by atoms with E-state index in [0.29, 0.717) is 22.6 Å². The van der Waals surface area contributed by atoms with Crippen molar-refractivity contribution in [2.45, 2.75) is 30.7 Å². The van der Waals surface area contributed by atoms with Crippen LogP contribution in [-0.4, -0.2) is 17.2 Å². The fourth-order valence-corrected chi connectivity index (χ4v) is 3.02. The molecule has 23 heavy (non-hydrogen) atoms.